The second-order valence-corrected chi connectivity index (χ2v) is 8.24. The van der Waals surface area contributed by atoms with E-state index in [0.29, 0.717) is 23.1 Å². The summed E-state index contributed by atoms with van der Waals surface area (Å²) in [5.74, 6) is 0.737. The Labute approximate surface area is 173 Å². The highest BCUT2D eigenvalue weighted by Crippen LogP contribution is 2.32. The fourth-order valence-corrected chi connectivity index (χ4v) is 4.14. The van der Waals surface area contributed by atoms with Gasteiger partial charge in [-0.2, -0.15) is 5.26 Å². The van der Waals surface area contributed by atoms with Crippen LogP contribution in [0, 0.1) is 17.2 Å². The second-order valence-electron chi connectivity index (χ2n) is 8.24. The van der Waals surface area contributed by atoms with E-state index in [1.54, 1.807) is 18.2 Å². The number of hydrogen-bond donors (Lipinski definition) is 0. The van der Waals surface area contributed by atoms with Crippen molar-refractivity contribution in [3.63, 3.8) is 0 Å². The van der Waals surface area contributed by atoms with Gasteiger partial charge < -0.3 is 9.80 Å². The summed E-state index contributed by atoms with van der Waals surface area (Å²) in [5.41, 5.74) is 2.33. The lowest BCUT2D eigenvalue weighted by molar-refractivity contribution is 0.0560. The largest absolute Gasteiger partial charge is 0.335 e. The number of rotatable bonds is 7. The SMILES string of the molecule is N#Cc1cccc(C(=O)N(CC2CC2)C2CCN(CCc3ccccn3)CC2)c1. The van der Waals surface area contributed by atoms with E-state index >= 15 is 0 Å². The maximum Gasteiger partial charge on any atom is 0.254 e. The molecule has 1 saturated heterocycles. The molecule has 2 fully saturated rings. The van der Waals surface area contributed by atoms with Gasteiger partial charge in [-0.3, -0.25) is 9.78 Å². The zero-order chi connectivity index (χ0) is 20.1. The molecule has 1 saturated carbocycles. The highest BCUT2D eigenvalue weighted by Gasteiger charge is 2.33. The highest BCUT2D eigenvalue weighted by atomic mass is 16.2. The number of carbonyl (C=O) groups excluding carboxylic acids is 1. The van der Waals surface area contributed by atoms with Gasteiger partial charge in [0.05, 0.1) is 11.6 Å². The van der Waals surface area contributed by atoms with E-state index in [9.17, 15) is 4.79 Å². The topological polar surface area (TPSA) is 60.2 Å². The average molecular weight is 389 g/mol. The highest BCUT2D eigenvalue weighted by molar-refractivity contribution is 5.94. The number of benzene rings is 1. The fraction of sp³-hybridized carbons (Fsp3) is 0.458. The number of hydrogen-bond acceptors (Lipinski definition) is 4. The number of carbonyl (C=O) groups is 1. The van der Waals surface area contributed by atoms with Gasteiger partial charge in [0.1, 0.15) is 0 Å². The van der Waals surface area contributed by atoms with Crippen LogP contribution in [0.3, 0.4) is 0 Å². The van der Waals surface area contributed by atoms with Crippen molar-refractivity contribution in [3.8, 4) is 6.07 Å². The van der Waals surface area contributed by atoms with Gasteiger partial charge in [-0.15, -0.1) is 0 Å². The van der Waals surface area contributed by atoms with Gasteiger partial charge in [0.15, 0.2) is 0 Å². The van der Waals surface area contributed by atoms with Gasteiger partial charge in [0.25, 0.3) is 5.91 Å². The summed E-state index contributed by atoms with van der Waals surface area (Å²) in [6.45, 7) is 3.91. The minimum absolute atomic E-state index is 0.0842. The molecule has 2 aliphatic rings. The summed E-state index contributed by atoms with van der Waals surface area (Å²) in [5, 5.41) is 9.16. The molecular weight excluding hydrogens is 360 g/mol. The standard InChI is InChI=1S/C24H28N4O/c25-17-20-4-3-5-21(16-20)24(29)28(18-19-7-8-19)23-10-14-27(15-11-23)13-9-22-6-1-2-12-26-22/h1-6,12,16,19,23H,7-11,13-15,18H2. The molecule has 1 aromatic heterocycles. The summed E-state index contributed by atoms with van der Waals surface area (Å²) in [6, 6.07) is 15.6. The quantitative estimate of drug-likeness (QED) is 0.728. The van der Waals surface area contributed by atoms with Crippen LogP contribution in [0.4, 0.5) is 0 Å². The maximum atomic E-state index is 13.3. The van der Waals surface area contributed by atoms with Gasteiger partial charge in [0.2, 0.25) is 0 Å². The molecule has 5 heteroatoms. The van der Waals surface area contributed by atoms with E-state index in [1.165, 1.54) is 12.8 Å². The van der Waals surface area contributed by atoms with Crippen molar-refractivity contribution < 1.29 is 4.79 Å². The van der Waals surface area contributed by atoms with Crippen molar-refractivity contribution in [2.75, 3.05) is 26.2 Å². The van der Waals surface area contributed by atoms with Gasteiger partial charge in [0, 0.05) is 56.1 Å². The van der Waals surface area contributed by atoms with E-state index in [2.05, 4.69) is 26.9 Å². The lowest BCUT2D eigenvalue weighted by Crippen LogP contribution is -2.48. The molecule has 0 unspecified atom stereocenters. The Balaban J connectivity index is 1.36. The number of likely N-dealkylation sites (tertiary alicyclic amines) is 1. The first-order valence-corrected chi connectivity index (χ1v) is 10.7. The van der Waals surface area contributed by atoms with Crippen molar-refractivity contribution in [2.24, 2.45) is 5.92 Å². The van der Waals surface area contributed by atoms with E-state index in [0.717, 1.165) is 51.1 Å². The van der Waals surface area contributed by atoms with Crippen LogP contribution in [0.2, 0.25) is 0 Å². The van der Waals surface area contributed by atoms with Crippen LogP contribution in [-0.4, -0.2) is 52.9 Å². The zero-order valence-electron chi connectivity index (χ0n) is 16.8. The first kappa shape index (κ1) is 19.6. The van der Waals surface area contributed by atoms with Crippen molar-refractivity contribution >= 4 is 5.91 Å². The summed E-state index contributed by atoms with van der Waals surface area (Å²) in [6.07, 6.45) is 7.30. The number of amides is 1. The fourth-order valence-electron chi connectivity index (χ4n) is 4.14. The van der Waals surface area contributed by atoms with Crippen molar-refractivity contribution in [3.05, 3.63) is 65.5 Å². The molecule has 2 aromatic rings. The summed E-state index contributed by atoms with van der Waals surface area (Å²) >= 11 is 0. The number of piperidine rings is 1. The Morgan fingerprint density at radius 1 is 1.14 bits per heavy atom. The minimum Gasteiger partial charge on any atom is -0.335 e. The van der Waals surface area contributed by atoms with Crippen molar-refractivity contribution in [2.45, 2.75) is 38.1 Å². The van der Waals surface area contributed by atoms with Crippen molar-refractivity contribution in [1.82, 2.24) is 14.8 Å². The number of aromatic nitrogens is 1. The molecule has 1 amide bonds. The van der Waals surface area contributed by atoms with Crippen LogP contribution in [-0.2, 0) is 6.42 Å². The summed E-state index contributed by atoms with van der Waals surface area (Å²) < 4.78 is 0. The first-order chi connectivity index (χ1) is 14.2. The molecule has 1 aliphatic heterocycles. The molecule has 1 aliphatic carbocycles. The van der Waals surface area contributed by atoms with Crippen LogP contribution >= 0.6 is 0 Å². The number of nitrogens with zero attached hydrogens (tertiary/aromatic N) is 4. The molecule has 0 N–H and O–H groups in total. The molecule has 4 rings (SSSR count). The molecule has 2 heterocycles. The van der Waals surface area contributed by atoms with Crippen LogP contribution in [0.25, 0.3) is 0 Å². The Morgan fingerprint density at radius 3 is 2.66 bits per heavy atom. The van der Waals surface area contributed by atoms with Gasteiger partial charge in [-0.1, -0.05) is 12.1 Å². The smallest absolute Gasteiger partial charge is 0.254 e. The molecule has 1 aromatic carbocycles. The zero-order valence-corrected chi connectivity index (χ0v) is 16.8. The second kappa shape index (κ2) is 9.19. The first-order valence-electron chi connectivity index (χ1n) is 10.7. The third-order valence-corrected chi connectivity index (χ3v) is 6.06. The molecular formula is C24H28N4O. The molecule has 0 radical (unpaired) electrons. The van der Waals surface area contributed by atoms with E-state index in [-0.39, 0.29) is 5.91 Å². The minimum atomic E-state index is 0.0842. The maximum absolute atomic E-state index is 13.3. The van der Waals surface area contributed by atoms with Crippen LogP contribution in [0.5, 0.6) is 0 Å². The normalized spacial score (nSPS) is 17.6. The Morgan fingerprint density at radius 2 is 1.97 bits per heavy atom. The van der Waals surface area contributed by atoms with Gasteiger partial charge in [-0.25, -0.2) is 0 Å². The van der Waals surface area contributed by atoms with E-state index < -0.39 is 0 Å². The van der Waals surface area contributed by atoms with Crippen molar-refractivity contribution in [1.29, 1.82) is 5.26 Å². The average Bonchev–Trinajstić information content (AvgIpc) is 3.61. The predicted molar refractivity (Wildman–Crippen MR) is 112 cm³/mol. The molecule has 5 nitrogen and oxygen atoms in total. The Hall–Kier alpha value is -2.71. The molecule has 0 atom stereocenters. The monoisotopic (exact) mass is 388 g/mol. The molecule has 29 heavy (non-hydrogen) atoms. The van der Waals surface area contributed by atoms with E-state index in [1.807, 2.05) is 24.4 Å². The predicted octanol–water partition coefficient (Wildman–Crippen LogP) is 3.51. The number of pyridine rings is 1. The van der Waals surface area contributed by atoms with Crippen LogP contribution < -0.4 is 0 Å². The van der Waals surface area contributed by atoms with E-state index in [4.69, 9.17) is 5.26 Å². The van der Waals surface area contributed by atoms with Crippen LogP contribution in [0.1, 0.15) is 47.3 Å². The number of nitriles is 1. The van der Waals surface area contributed by atoms with Crippen LogP contribution in [0.15, 0.2) is 48.7 Å². The lowest BCUT2D eigenvalue weighted by Gasteiger charge is -2.39. The summed E-state index contributed by atoms with van der Waals surface area (Å²) in [7, 11) is 0. The molecule has 0 bridgehead atoms. The Kier molecular flexibility index (Phi) is 6.21. The third-order valence-electron chi connectivity index (χ3n) is 6.06. The summed E-state index contributed by atoms with van der Waals surface area (Å²) in [4.78, 5) is 22.3. The molecule has 0 spiro atoms. The van der Waals surface area contributed by atoms with Gasteiger partial charge in [-0.05, 0) is 61.9 Å². The van der Waals surface area contributed by atoms with Gasteiger partial charge >= 0.3 is 0 Å². The third kappa shape index (κ3) is 5.21. The lowest BCUT2D eigenvalue weighted by atomic mass is 10.0. The molecule has 150 valence electrons. The Bertz CT molecular complexity index is 864.